The van der Waals surface area contributed by atoms with Crippen LogP contribution in [0.2, 0.25) is 0 Å². The minimum Gasteiger partial charge on any atom is -0.462 e. The van der Waals surface area contributed by atoms with Crippen LogP contribution in [0.4, 0.5) is 5.82 Å². The Morgan fingerprint density at radius 1 is 1.47 bits per heavy atom. The second-order valence-electron chi connectivity index (χ2n) is 7.24. The lowest BCUT2D eigenvalue weighted by Crippen LogP contribution is -2.47. The summed E-state index contributed by atoms with van der Waals surface area (Å²) in [6.07, 6.45) is -2.53. The van der Waals surface area contributed by atoms with Crippen molar-refractivity contribution in [1.29, 1.82) is 0 Å². The summed E-state index contributed by atoms with van der Waals surface area (Å²) >= 11 is 0. The van der Waals surface area contributed by atoms with Crippen LogP contribution in [0.15, 0.2) is 22.2 Å². The van der Waals surface area contributed by atoms with E-state index in [-0.39, 0.29) is 5.82 Å². The van der Waals surface area contributed by atoms with Crippen LogP contribution in [-0.2, 0) is 23.8 Å². The van der Waals surface area contributed by atoms with Gasteiger partial charge in [-0.3, -0.25) is 9.36 Å². The molecule has 5 atom stereocenters. The molecule has 0 aliphatic carbocycles. The Kier molecular flexibility index (Phi) is 7.03. The molecule has 0 bridgehead atoms. The topological polar surface area (TPSA) is 192 Å². The number of aliphatic hydroxyl groups is 1. The summed E-state index contributed by atoms with van der Waals surface area (Å²) in [6, 6.07) is 1.36. The first-order chi connectivity index (χ1) is 14.0. The summed E-state index contributed by atoms with van der Waals surface area (Å²) in [4.78, 5) is 42.7. The van der Waals surface area contributed by atoms with Gasteiger partial charge >= 0.3 is 17.6 Å². The molecule has 30 heavy (non-hydrogen) atoms. The van der Waals surface area contributed by atoms with E-state index in [2.05, 4.69) is 15.0 Å². The standard InChI is InChI=1S/C17H24N6O7/c1-8(2)14(25)28-7-17(21-22-19)12(29-15(26)10(4)24)9(3)13(30-17)23-6-5-11(18)20-16(23)27/h5-6,8-10,12-13,24H,7H2,1-4H3,(H2,18,20,27)/t9-,10?,12-,13+,17+/m0/s1. The monoisotopic (exact) mass is 424 g/mol. The molecule has 164 valence electrons. The molecule has 2 heterocycles. The maximum Gasteiger partial charge on any atom is 0.351 e. The second kappa shape index (κ2) is 9.11. The lowest BCUT2D eigenvalue weighted by molar-refractivity contribution is -0.182. The highest BCUT2D eigenvalue weighted by atomic mass is 16.6. The molecular weight excluding hydrogens is 400 g/mol. The highest BCUT2D eigenvalue weighted by molar-refractivity contribution is 5.74. The Morgan fingerprint density at radius 3 is 2.67 bits per heavy atom. The van der Waals surface area contributed by atoms with Crippen LogP contribution < -0.4 is 11.4 Å². The van der Waals surface area contributed by atoms with E-state index in [9.17, 15) is 19.5 Å². The third-order valence-electron chi connectivity index (χ3n) is 4.51. The molecule has 1 fully saturated rings. The lowest BCUT2D eigenvalue weighted by Gasteiger charge is -2.30. The van der Waals surface area contributed by atoms with E-state index < -0.39 is 60.2 Å². The Bertz CT molecular complexity index is 910. The van der Waals surface area contributed by atoms with Gasteiger partial charge in [-0.1, -0.05) is 25.9 Å². The van der Waals surface area contributed by atoms with Crippen LogP contribution in [0.1, 0.15) is 33.9 Å². The number of aliphatic hydroxyl groups excluding tert-OH is 1. The summed E-state index contributed by atoms with van der Waals surface area (Å²) in [6.45, 7) is 5.40. The molecule has 1 saturated heterocycles. The second-order valence-corrected chi connectivity index (χ2v) is 7.24. The number of nitrogens with two attached hydrogens (primary N) is 1. The molecule has 1 unspecified atom stereocenters. The zero-order chi connectivity index (χ0) is 22.6. The predicted octanol–water partition coefficient (Wildman–Crippen LogP) is 0.489. The number of anilines is 1. The molecule has 13 heteroatoms. The number of hydrogen-bond acceptors (Lipinski definition) is 10. The SMILES string of the molecule is CC(C)C(=O)OC[C@@]1(N=[N+]=[N-])O[C@@H](n2ccc(N)nc2=O)[C@@H](C)[C@@H]1OC(=O)C(C)O. The van der Waals surface area contributed by atoms with Crippen LogP contribution in [-0.4, -0.2) is 51.1 Å². The van der Waals surface area contributed by atoms with Crippen molar-refractivity contribution in [2.75, 3.05) is 12.3 Å². The van der Waals surface area contributed by atoms with E-state index in [0.29, 0.717) is 0 Å². The molecule has 3 N–H and O–H groups in total. The number of hydrogen-bond donors (Lipinski definition) is 2. The molecule has 0 saturated carbocycles. The van der Waals surface area contributed by atoms with Gasteiger partial charge in [-0.05, 0) is 18.5 Å². The average Bonchev–Trinajstić information content (AvgIpc) is 2.92. The molecule has 1 aromatic rings. The summed E-state index contributed by atoms with van der Waals surface area (Å²) in [5.41, 5.74) is 11.9. The number of rotatable bonds is 7. The number of carbonyl (C=O) groups is 2. The first-order valence-electron chi connectivity index (χ1n) is 9.16. The fraction of sp³-hybridized carbons (Fsp3) is 0.647. The van der Waals surface area contributed by atoms with Gasteiger partial charge in [0.25, 0.3) is 0 Å². The van der Waals surface area contributed by atoms with Gasteiger partial charge in [-0.25, -0.2) is 9.59 Å². The first kappa shape index (κ1) is 23.1. The predicted molar refractivity (Wildman–Crippen MR) is 101 cm³/mol. The zero-order valence-electron chi connectivity index (χ0n) is 17.0. The van der Waals surface area contributed by atoms with Crippen molar-refractivity contribution >= 4 is 17.8 Å². The van der Waals surface area contributed by atoms with Crippen molar-refractivity contribution in [3.05, 3.63) is 33.2 Å². The van der Waals surface area contributed by atoms with Gasteiger partial charge in [0, 0.05) is 17.0 Å². The van der Waals surface area contributed by atoms with Crippen LogP contribution in [0.3, 0.4) is 0 Å². The van der Waals surface area contributed by atoms with E-state index in [1.807, 2.05) is 0 Å². The molecular formula is C17H24N6O7. The van der Waals surface area contributed by atoms with Crippen LogP contribution in [0.5, 0.6) is 0 Å². The summed E-state index contributed by atoms with van der Waals surface area (Å²) in [7, 11) is 0. The molecule has 0 amide bonds. The van der Waals surface area contributed by atoms with Gasteiger partial charge in [0.15, 0.2) is 0 Å². The third-order valence-corrected chi connectivity index (χ3v) is 4.51. The van der Waals surface area contributed by atoms with E-state index in [0.717, 1.165) is 4.57 Å². The number of azide groups is 1. The highest BCUT2D eigenvalue weighted by Gasteiger charge is 2.57. The Balaban J connectivity index is 2.50. The van der Waals surface area contributed by atoms with Crippen molar-refractivity contribution in [1.82, 2.24) is 9.55 Å². The fourth-order valence-corrected chi connectivity index (χ4v) is 2.94. The molecule has 1 aromatic heterocycles. The molecule has 0 spiro atoms. The number of aromatic nitrogens is 2. The Labute approximate surface area is 171 Å². The van der Waals surface area contributed by atoms with Gasteiger partial charge in [0.2, 0.25) is 5.72 Å². The summed E-state index contributed by atoms with van der Waals surface area (Å²) in [5.74, 6) is -2.86. The normalized spacial score (nSPS) is 26.7. The molecule has 0 radical (unpaired) electrons. The van der Waals surface area contributed by atoms with Crippen molar-refractivity contribution in [3.8, 4) is 0 Å². The maximum absolute atomic E-state index is 12.3. The molecule has 0 aromatic carbocycles. The summed E-state index contributed by atoms with van der Waals surface area (Å²) in [5, 5.41) is 13.1. The van der Waals surface area contributed by atoms with Crippen molar-refractivity contribution in [2.24, 2.45) is 17.0 Å². The van der Waals surface area contributed by atoms with Crippen molar-refractivity contribution in [3.63, 3.8) is 0 Å². The van der Waals surface area contributed by atoms with E-state index in [1.165, 1.54) is 19.2 Å². The van der Waals surface area contributed by atoms with Crippen LogP contribution in [0.25, 0.3) is 10.4 Å². The van der Waals surface area contributed by atoms with E-state index in [1.54, 1.807) is 20.8 Å². The maximum atomic E-state index is 12.3. The average molecular weight is 424 g/mol. The number of nitrogens with zero attached hydrogens (tertiary/aromatic N) is 5. The smallest absolute Gasteiger partial charge is 0.351 e. The van der Waals surface area contributed by atoms with Gasteiger partial charge in [-0.2, -0.15) is 4.98 Å². The van der Waals surface area contributed by atoms with Crippen molar-refractivity contribution in [2.45, 2.75) is 51.9 Å². The van der Waals surface area contributed by atoms with E-state index in [4.69, 9.17) is 25.5 Å². The number of esters is 2. The summed E-state index contributed by atoms with van der Waals surface area (Å²) < 4.78 is 17.5. The van der Waals surface area contributed by atoms with Gasteiger partial charge in [0.1, 0.15) is 30.9 Å². The van der Waals surface area contributed by atoms with Gasteiger partial charge in [0.05, 0.1) is 5.92 Å². The third kappa shape index (κ3) is 4.70. The van der Waals surface area contributed by atoms with Gasteiger partial charge < -0.3 is 25.1 Å². The number of ether oxygens (including phenoxy) is 3. The zero-order valence-corrected chi connectivity index (χ0v) is 17.0. The number of nitrogen functional groups attached to an aromatic ring is 1. The highest BCUT2D eigenvalue weighted by Crippen LogP contribution is 2.44. The van der Waals surface area contributed by atoms with Crippen molar-refractivity contribution < 1.29 is 28.9 Å². The van der Waals surface area contributed by atoms with Crippen LogP contribution >= 0.6 is 0 Å². The van der Waals surface area contributed by atoms with Gasteiger partial charge in [-0.15, -0.1) is 0 Å². The minimum atomic E-state index is -1.98. The molecule has 2 rings (SSSR count). The molecule has 1 aliphatic rings. The largest absolute Gasteiger partial charge is 0.462 e. The quantitative estimate of drug-likeness (QED) is 0.271. The molecule has 1 aliphatic heterocycles. The fourth-order valence-electron chi connectivity index (χ4n) is 2.94. The lowest BCUT2D eigenvalue weighted by atomic mass is 9.97. The number of carbonyl (C=O) groups excluding carboxylic acids is 2. The van der Waals surface area contributed by atoms with Crippen LogP contribution in [0, 0.1) is 11.8 Å². The van der Waals surface area contributed by atoms with E-state index >= 15 is 0 Å². The Hall–Kier alpha value is -3.15. The minimum absolute atomic E-state index is 0.00819. The first-order valence-corrected chi connectivity index (χ1v) is 9.16. The Morgan fingerprint density at radius 2 is 2.13 bits per heavy atom. The molecule has 13 nitrogen and oxygen atoms in total.